The summed E-state index contributed by atoms with van der Waals surface area (Å²) in [5.74, 6) is -1.04. The average molecular weight is 441 g/mol. The Morgan fingerprint density at radius 3 is 2.46 bits per heavy atom. The van der Waals surface area contributed by atoms with Crippen LogP contribution in [0.2, 0.25) is 15.1 Å². The van der Waals surface area contributed by atoms with Gasteiger partial charge in [-0.25, -0.2) is 4.79 Å². The number of nitrogens with zero attached hydrogens (tertiary/aromatic N) is 1. The van der Waals surface area contributed by atoms with Crippen molar-refractivity contribution >= 4 is 52.6 Å². The summed E-state index contributed by atoms with van der Waals surface area (Å²) < 4.78 is 0. The second kappa shape index (κ2) is 7.99. The van der Waals surface area contributed by atoms with Crippen molar-refractivity contribution in [3.63, 3.8) is 0 Å². The zero-order valence-electron chi connectivity index (χ0n) is 14.8. The molecule has 0 aromatic heterocycles. The molecule has 146 valence electrons. The first kappa shape index (κ1) is 20.5. The maximum absolute atomic E-state index is 12.9. The van der Waals surface area contributed by atoms with Crippen LogP contribution in [-0.4, -0.2) is 29.3 Å². The van der Waals surface area contributed by atoms with Gasteiger partial charge in [-0.05, 0) is 36.2 Å². The van der Waals surface area contributed by atoms with Crippen molar-refractivity contribution in [1.29, 1.82) is 0 Å². The van der Waals surface area contributed by atoms with Crippen molar-refractivity contribution < 1.29 is 14.4 Å². The Bertz CT molecular complexity index is 966. The van der Waals surface area contributed by atoms with Crippen LogP contribution >= 0.6 is 34.8 Å². The third-order valence-electron chi connectivity index (χ3n) is 4.51. The molecule has 0 spiro atoms. The first-order valence-corrected chi connectivity index (χ1v) is 9.45. The van der Waals surface area contributed by atoms with Crippen LogP contribution in [0.5, 0.6) is 0 Å². The molecule has 0 radical (unpaired) electrons. The molecule has 1 fully saturated rings. The molecule has 6 nitrogen and oxygen atoms in total. The summed E-state index contributed by atoms with van der Waals surface area (Å²) in [4.78, 5) is 38.3. The van der Waals surface area contributed by atoms with Gasteiger partial charge in [0.2, 0.25) is 5.91 Å². The fourth-order valence-corrected chi connectivity index (χ4v) is 3.38. The quantitative estimate of drug-likeness (QED) is 0.695. The van der Waals surface area contributed by atoms with Gasteiger partial charge in [-0.1, -0.05) is 59.1 Å². The molecule has 2 aromatic rings. The number of hydrogen-bond acceptors (Lipinski definition) is 3. The average Bonchev–Trinajstić information content (AvgIpc) is 2.87. The predicted octanol–water partition coefficient (Wildman–Crippen LogP) is 3.73. The number of hydrogen-bond donors (Lipinski definition) is 2. The van der Waals surface area contributed by atoms with Crippen LogP contribution in [0.1, 0.15) is 18.1 Å². The molecule has 1 heterocycles. The van der Waals surface area contributed by atoms with Gasteiger partial charge in [0.15, 0.2) is 0 Å². The molecule has 2 N–H and O–H groups in total. The van der Waals surface area contributed by atoms with E-state index >= 15 is 0 Å². The second-order valence-electron chi connectivity index (χ2n) is 6.44. The Kier molecular flexibility index (Phi) is 5.84. The van der Waals surface area contributed by atoms with E-state index in [0.717, 1.165) is 10.5 Å². The van der Waals surface area contributed by atoms with Crippen molar-refractivity contribution in [2.75, 3.05) is 6.54 Å². The molecule has 1 aliphatic heterocycles. The van der Waals surface area contributed by atoms with E-state index in [4.69, 9.17) is 34.8 Å². The maximum Gasteiger partial charge on any atom is 0.325 e. The molecule has 1 unspecified atom stereocenters. The number of carbonyl (C=O) groups excluding carboxylic acids is 3. The Hall–Kier alpha value is -2.28. The van der Waals surface area contributed by atoms with Gasteiger partial charge in [0.05, 0.1) is 10.0 Å². The van der Waals surface area contributed by atoms with Crippen LogP contribution < -0.4 is 10.6 Å². The second-order valence-corrected chi connectivity index (χ2v) is 7.67. The van der Waals surface area contributed by atoms with Crippen molar-refractivity contribution in [3.05, 3.63) is 68.7 Å². The summed E-state index contributed by atoms with van der Waals surface area (Å²) in [6.07, 6.45) is 0. The predicted molar refractivity (Wildman–Crippen MR) is 107 cm³/mol. The zero-order valence-corrected chi connectivity index (χ0v) is 17.0. The minimum atomic E-state index is -1.34. The van der Waals surface area contributed by atoms with Gasteiger partial charge in [-0.15, -0.1) is 0 Å². The lowest BCUT2D eigenvalue weighted by molar-refractivity contribution is -0.134. The zero-order chi connectivity index (χ0) is 20.5. The first-order chi connectivity index (χ1) is 13.2. The Balaban J connectivity index is 1.70. The Labute approximate surface area is 176 Å². The van der Waals surface area contributed by atoms with Gasteiger partial charge in [0.1, 0.15) is 12.1 Å². The molecular formula is C19H16Cl3N3O3. The number of amides is 4. The van der Waals surface area contributed by atoms with Crippen LogP contribution in [0.25, 0.3) is 0 Å². The normalized spacial score (nSPS) is 18.9. The molecule has 2 aromatic carbocycles. The molecule has 0 aliphatic carbocycles. The van der Waals surface area contributed by atoms with Crippen LogP contribution in [0, 0.1) is 0 Å². The number of urea groups is 1. The fraction of sp³-hybridized carbons (Fsp3) is 0.211. The molecule has 3 rings (SSSR count). The lowest BCUT2D eigenvalue weighted by Crippen LogP contribution is -2.43. The van der Waals surface area contributed by atoms with Crippen molar-refractivity contribution in [2.24, 2.45) is 0 Å². The summed E-state index contributed by atoms with van der Waals surface area (Å²) in [7, 11) is 0. The van der Waals surface area contributed by atoms with Crippen LogP contribution in [0.15, 0.2) is 42.5 Å². The van der Waals surface area contributed by atoms with E-state index in [9.17, 15) is 14.4 Å². The molecular weight excluding hydrogens is 425 g/mol. The van der Waals surface area contributed by atoms with E-state index in [2.05, 4.69) is 10.6 Å². The van der Waals surface area contributed by atoms with Crippen molar-refractivity contribution in [2.45, 2.75) is 19.0 Å². The van der Waals surface area contributed by atoms with Gasteiger partial charge >= 0.3 is 6.03 Å². The lowest BCUT2D eigenvalue weighted by Gasteiger charge is -2.22. The Morgan fingerprint density at radius 2 is 1.79 bits per heavy atom. The standard InChI is InChI=1S/C19H16Cl3N3O3/c1-19(12-6-7-14(21)15(22)8-12)17(27)25(18(28)24-19)10-16(26)23-9-11-4-2-3-5-13(11)20/h2-8H,9-10H2,1H3,(H,23,26)(H,24,28). The van der Waals surface area contributed by atoms with E-state index < -0.39 is 29.9 Å². The van der Waals surface area contributed by atoms with Gasteiger partial charge in [-0.3, -0.25) is 14.5 Å². The number of benzene rings is 2. The summed E-state index contributed by atoms with van der Waals surface area (Å²) in [5.41, 5.74) is -0.136. The number of carbonyl (C=O) groups is 3. The molecule has 1 aliphatic rings. The van der Waals surface area contributed by atoms with E-state index in [1.807, 2.05) is 0 Å². The number of halogens is 3. The molecule has 0 saturated carbocycles. The van der Waals surface area contributed by atoms with Gasteiger partial charge in [0, 0.05) is 11.6 Å². The summed E-state index contributed by atoms with van der Waals surface area (Å²) in [5, 5.41) is 6.39. The van der Waals surface area contributed by atoms with Gasteiger partial charge in [0.25, 0.3) is 5.91 Å². The molecule has 4 amide bonds. The molecule has 1 saturated heterocycles. The van der Waals surface area contributed by atoms with Crippen molar-refractivity contribution in [3.8, 4) is 0 Å². The van der Waals surface area contributed by atoms with E-state index in [0.29, 0.717) is 15.6 Å². The smallest absolute Gasteiger partial charge is 0.325 e. The third kappa shape index (κ3) is 3.94. The largest absolute Gasteiger partial charge is 0.350 e. The Morgan fingerprint density at radius 1 is 1.07 bits per heavy atom. The molecule has 28 heavy (non-hydrogen) atoms. The van der Waals surface area contributed by atoms with E-state index in [1.54, 1.807) is 43.3 Å². The minimum Gasteiger partial charge on any atom is -0.350 e. The SMILES string of the molecule is CC1(c2ccc(Cl)c(Cl)c2)NC(=O)N(CC(=O)NCc2ccccc2Cl)C1=O. The van der Waals surface area contributed by atoms with Gasteiger partial charge < -0.3 is 10.6 Å². The van der Waals surface area contributed by atoms with Crippen LogP contribution in [0.4, 0.5) is 4.79 Å². The lowest BCUT2D eigenvalue weighted by atomic mass is 9.92. The number of nitrogens with one attached hydrogen (secondary N) is 2. The minimum absolute atomic E-state index is 0.187. The number of rotatable bonds is 5. The van der Waals surface area contributed by atoms with Crippen molar-refractivity contribution in [1.82, 2.24) is 15.5 Å². The highest BCUT2D eigenvalue weighted by molar-refractivity contribution is 6.42. The van der Waals surface area contributed by atoms with Crippen LogP contribution in [-0.2, 0) is 21.7 Å². The van der Waals surface area contributed by atoms with E-state index in [-0.39, 0.29) is 11.6 Å². The maximum atomic E-state index is 12.9. The van der Waals surface area contributed by atoms with Gasteiger partial charge in [-0.2, -0.15) is 0 Å². The molecule has 0 bridgehead atoms. The fourth-order valence-electron chi connectivity index (χ4n) is 2.88. The summed E-state index contributed by atoms with van der Waals surface area (Å²) in [6, 6.07) is 11.1. The highest BCUT2D eigenvalue weighted by Crippen LogP contribution is 2.32. The van der Waals surface area contributed by atoms with E-state index in [1.165, 1.54) is 6.07 Å². The summed E-state index contributed by atoms with van der Waals surface area (Å²) in [6.45, 7) is 1.33. The summed E-state index contributed by atoms with van der Waals surface area (Å²) >= 11 is 18.0. The highest BCUT2D eigenvalue weighted by Gasteiger charge is 2.49. The topological polar surface area (TPSA) is 78.5 Å². The monoisotopic (exact) mass is 439 g/mol. The molecule has 1 atom stereocenters. The highest BCUT2D eigenvalue weighted by atomic mass is 35.5. The number of imide groups is 1. The van der Waals surface area contributed by atoms with Crippen LogP contribution in [0.3, 0.4) is 0 Å². The molecule has 9 heteroatoms. The first-order valence-electron chi connectivity index (χ1n) is 8.32. The third-order valence-corrected chi connectivity index (χ3v) is 5.62.